The number of hydrogen-bond donors (Lipinski definition) is 0. The van der Waals surface area contributed by atoms with Crippen molar-refractivity contribution in [1.29, 1.82) is 0 Å². The van der Waals surface area contributed by atoms with Crippen LogP contribution < -0.4 is 4.90 Å². The van der Waals surface area contributed by atoms with Gasteiger partial charge in [-0.25, -0.2) is 13.4 Å². The van der Waals surface area contributed by atoms with E-state index < -0.39 is 9.84 Å². The lowest BCUT2D eigenvalue weighted by atomic mass is 10.3. The van der Waals surface area contributed by atoms with Crippen LogP contribution in [0.25, 0.3) is 9.53 Å². The van der Waals surface area contributed by atoms with Crippen molar-refractivity contribution < 1.29 is 13.2 Å². The average Bonchev–Trinajstić information content (AvgIpc) is 3.11. The van der Waals surface area contributed by atoms with E-state index in [9.17, 15) is 13.2 Å². The Hall–Kier alpha value is -1.23. The summed E-state index contributed by atoms with van der Waals surface area (Å²) in [6.07, 6.45) is 1.25. The molecule has 1 aliphatic rings. The first-order chi connectivity index (χ1) is 11.7. The lowest BCUT2D eigenvalue weighted by Crippen LogP contribution is -2.49. The molecular formula is C15H22N4O3S3. The minimum Gasteiger partial charge on any atom is -0.354 e. The number of thiazole rings is 1. The number of amides is 1. The van der Waals surface area contributed by atoms with E-state index in [2.05, 4.69) is 9.88 Å². The molecule has 1 aliphatic heterocycles. The number of sulfone groups is 1. The van der Waals surface area contributed by atoms with Gasteiger partial charge in [-0.05, 0) is 6.07 Å². The number of thiophene rings is 1. The normalized spacial score (nSPS) is 16.5. The van der Waals surface area contributed by atoms with Crippen LogP contribution in [-0.2, 0) is 9.84 Å². The molecule has 7 nitrogen and oxygen atoms in total. The summed E-state index contributed by atoms with van der Waals surface area (Å²) in [7, 11) is 0.968. The topological polar surface area (TPSA) is 73.8 Å². The van der Waals surface area contributed by atoms with Crippen LogP contribution in [0.4, 0.5) is 5.13 Å². The molecule has 0 atom stereocenters. The maximum atomic E-state index is 12.7. The van der Waals surface area contributed by atoms with Crippen LogP contribution in [0.2, 0.25) is 0 Å². The fraction of sp³-hybridized carbons (Fsp3) is 0.600. The van der Waals surface area contributed by atoms with Gasteiger partial charge in [0.2, 0.25) is 0 Å². The maximum Gasteiger partial charge on any atom is 0.264 e. The third-order valence-corrected chi connectivity index (χ3v) is 7.35. The number of anilines is 1. The van der Waals surface area contributed by atoms with Crippen molar-refractivity contribution in [2.75, 3.05) is 63.7 Å². The predicted molar refractivity (Wildman–Crippen MR) is 104 cm³/mol. The van der Waals surface area contributed by atoms with Crippen molar-refractivity contribution in [3.8, 4) is 0 Å². The van der Waals surface area contributed by atoms with Gasteiger partial charge >= 0.3 is 0 Å². The Kier molecular flexibility index (Phi) is 5.33. The van der Waals surface area contributed by atoms with Gasteiger partial charge in [0.1, 0.15) is 14.7 Å². The van der Waals surface area contributed by atoms with E-state index in [1.165, 1.54) is 17.6 Å². The summed E-state index contributed by atoms with van der Waals surface area (Å²) in [5, 5.41) is 0.944. The highest BCUT2D eigenvalue weighted by molar-refractivity contribution is 7.90. The summed E-state index contributed by atoms with van der Waals surface area (Å²) in [5.41, 5.74) is 0. The second kappa shape index (κ2) is 7.18. The van der Waals surface area contributed by atoms with E-state index in [0.717, 1.165) is 19.5 Å². The lowest BCUT2D eigenvalue weighted by molar-refractivity contribution is 0.0649. The third kappa shape index (κ3) is 4.49. The smallest absolute Gasteiger partial charge is 0.264 e. The van der Waals surface area contributed by atoms with Crippen LogP contribution in [0.15, 0.2) is 6.07 Å². The summed E-state index contributed by atoms with van der Waals surface area (Å²) in [6, 6.07) is 1.93. The molecule has 25 heavy (non-hydrogen) atoms. The van der Waals surface area contributed by atoms with Crippen LogP contribution in [0, 0.1) is 0 Å². The number of carbonyl (C=O) groups excluding carboxylic acids is 1. The number of hydrogen-bond acceptors (Lipinski definition) is 8. The molecule has 3 heterocycles. The number of piperazine rings is 1. The Labute approximate surface area is 155 Å². The molecule has 1 amide bonds. The third-order valence-electron chi connectivity index (χ3n) is 4.11. The monoisotopic (exact) mass is 402 g/mol. The second-order valence-corrected chi connectivity index (χ2v) is 10.7. The Morgan fingerprint density at radius 2 is 1.92 bits per heavy atom. The molecule has 0 saturated carbocycles. The Morgan fingerprint density at radius 3 is 2.48 bits per heavy atom. The first-order valence-electron chi connectivity index (χ1n) is 8.00. The van der Waals surface area contributed by atoms with Gasteiger partial charge in [0.05, 0.1) is 15.3 Å². The molecule has 0 aromatic carbocycles. The van der Waals surface area contributed by atoms with Gasteiger partial charge in [-0.3, -0.25) is 9.69 Å². The molecule has 10 heteroatoms. The lowest BCUT2D eigenvalue weighted by Gasteiger charge is -2.34. The van der Waals surface area contributed by atoms with Gasteiger partial charge in [-0.2, -0.15) is 0 Å². The largest absolute Gasteiger partial charge is 0.354 e. The van der Waals surface area contributed by atoms with Crippen LogP contribution in [0.3, 0.4) is 0 Å². The predicted octanol–water partition coefficient (Wildman–Crippen LogP) is 1.23. The van der Waals surface area contributed by atoms with E-state index in [1.54, 1.807) is 11.3 Å². The summed E-state index contributed by atoms with van der Waals surface area (Å²) in [4.78, 5) is 24.8. The van der Waals surface area contributed by atoms with Crippen molar-refractivity contribution in [2.24, 2.45) is 0 Å². The minimum atomic E-state index is -2.94. The van der Waals surface area contributed by atoms with Crippen molar-refractivity contribution >= 4 is 53.1 Å². The van der Waals surface area contributed by atoms with Crippen LogP contribution in [0.1, 0.15) is 9.67 Å². The van der Waals surface area contributed by atoms with Gasteiger partial charge in [0.15, 0.2) is 5.13 Å². The fourth-order valence-electron chi connectivity index (χ4n) is 2.65. The Bertz CT molecular complexity index is 832. The number of aromatic nitrogens is 1. The molecule has 3 rings (SSSR count). The van der Waals surface area contributed by atoms with Gasteiger partial charge < -0.3 is 9.80 Å². The average molecular weight is 403 g/mol. The van der Waals surface area contributed by atoms with Gasteiger partial charge in [0, 0.05) is 53.1 Å². The highest BCUT2D eigenvalue weighted by Crippen LogP contribution is 2.34. The van der Waals surface area contributed by atoms with E-state index in [0.29, 0.717) is 32.7 Å². The minimum absolute atomic E-state index is 0.0457. The molecule has 1 saturated heterocycles. The molecule has 0 aliphatic carbocycles. The van der Waals surface area contributed by atoms with Crippen molar-refractivity contribution in [3.63, 3.8) is 0 Å². The first-order valence-corrected chi connectivity index (χ1v) is 11.7. The van der Waals surface area contributed by atoms with E-state index in [4.69, 9.17) is 0 Å². The maximum absolute atomic E-state index is 12.7. The zero-order chi connectivity index (χ0) is 18.2. The van der Waals surface area contributed by atoms with E-state index in [1.807, 2.05) is 30.0 Å². The molecule has 2 aromatic rings. The standard InChI is InChI=1S/C15H22N4O3S3/c1-17(2)15-16-13-11(24-15)10-12(23-13)14(20)19-6-4-18(5-7-19)8-9-25(3,21)22/h10H,4-9H2,1-3H3. The summed E-state index contributed by atoms with van der Waals surface area (Å²) >= 11 is 3.03. The number of nitrogens with zero attached hydrogens (tertiary/aromatic N) is 4. The summed E-state index contributed by atoms with van der Waals surface area (Å²) in [6.45, 7) is 3.22. The molecule has 0 unspecified atom stereocenters. The quantitative estimate of drug-likeness (QED) is 0.749. The molecular weight excluding hydrogens is 380 g/mol. The number of fused-ring (bicyclic) bond motifs is 1. The fourth-order valence-corrected chi connectivity index (χ4v) is 5.34. The highest BCUT2D eigenvalue weighted by atomic mass is 32.2. The Balaban J connectivity index is 1.60. The molecule has 2 aromatic heterocycles. The molecule has 1 fully saturated rings. The van der Waals surface area contributed by atoms with E-state index >= 15 is 0 Å². The summed E-state index contributed by atoms with van der Waals surface area (Å²) in [5.74, 6) is 0.214. The van der Waals surface area contributed by atoms with Gasteiger partial charge in [0.25, 0.3) is 5.91 Å². The first kappa shape index (κ1) is 18.6. The molecule has 0 bridgehead atoms. The molecule has 0 radical (unpaired) electrons. The SMILES string of the molecule is CN(C)c1nc2sc(C(=O)N3CCN(CCS(C)(=O)=O)CC3)cc2s1. The second-order valence-electron chi connectivity index (χ2n) is 6.43. The van der Waals surface area contributed by atoms with E-state index in [-0.39, 0.29) is 11.7 Å². The van der Waals surface area contributed by atoms with Gasteiger partial charge in [-0.1, -0.05) is 11.3 Å². The highest BCUT2D eigenvalue weighted by Gasteiger charge is 2.24. The van der Waals surface area contributed by atoms with Crippen LogP contribution in [0.5, 0.6) is 0 Å². The number of rotatable bonds is 5. The van der Waals surface area contributed by atoms with Crippen molar-refractivity contribution in [2.45, 2.75) is 0 Å². The zero-order valence-electron chi connectivity index (χ0n) is 14.6. The van der Waals surface area contributed by atoms with Crippen molar-refractivity contribution in [3.05, 3.63) is 10.9 Å². The molecule has 0 spiro atoms. The molecule has 138 valence electrons. The summed E-state index contributed by atoms with van der Waals surface area (Å²) < 4.78 is 23.6. The molecule has 0 N–H and O–H groups in total. The van der Waals surface area contributed by atoms with Crippen LogP contribution in [-0.4, -0.2) is 87.9 Å². The zero-order valence-corrected chi connectivity index (χ0v) is 17.0. The number of carbonyl (C=O) groups is 1. The Morgan fingerprint density at radius 1 is 1.24 bits per heavy atom. The van der Waals surface area contributed by atoms with Crippen molar-refractivity contribution in [1.82, 2.24) is 14.8 Å². The van der Waals surface area contributed by atoms with Crippen LogP contribution >= 0.6 is 22.7 Å². The van der Waals surface area contributed by atoms with Gasteiger partial charge in [-0.15, -0.1) is 11.3 Å².